The zero-order chi connectivity index (χ0) is 17.1. The van der Waals surface area contributed by atoms with E-state index < -0.39 is 5.97 Å². The Balaban J connectivity index is 1.77. The maximum absolute atomic E-state index is 11.7. The third-order valence-corrected chi connectivity index (χ3v) is 4.05. The largest absolute Gasteiger partial charge is 0.490 e. The van der Waals surface area contributed by atoms with Gasteiger partial charge in [0.25, 0.3) is 5.22 Å². The van der Waals surface area contributed by atoms with Gasteiger partial charge in [0.15, 0.2) is 5.58 Å². The minimum Gasteiger partial charge on any atom is -0.490 e. The van der Waals surface area contributed by atoms with Gasteiger partial charge in [0.05, 0.1) is 25.5 Å². The number of thioether (sulfide) groups is 1. The lowest BCUT2D eigenvalue weighted by Crippen LogP contribution is -2.04. The normalized spacial score (nSPS) is 10.8. The second kappa shape index (κ2) is 6.79. The van der Waals surface area contributed by atoms with E-state index in [0.29, 0.717) is 33.4 Å². The summed E-state index contributed by atoms with van der Waals surface area (Å²) in [4.78, 5) is 27.5. The van der Waals surface area contributed by atoms with E-state index in [0.717, 1.165) is 0 Å². The summed E-state index contributed by atoms with van der Waals surface area (Å²) in [5, 5.41) is 0.408. The van der Waals surface area contributed by atoms with E-state index in [2.05, 4.69) is 9.72 Å². The van der Waals surface area contributed by atoms with Gasteiger partial charge in [-0.3, -0.25) is 4.79 Å². The second-order valence-electron chi connectivity index (χ2n) is 4.72. The molecule has 0 fully saturated rings. The van der Waals surface area contributed by atoms with Gasteiger partial charge in [0.1, 0.15) is 17.5 Å². The van der Waals surface area contributed by atoms with Crippen molar-refractivity contribution in [2.24, 2.45) is 0 Å². The molecular weight excluding hydrogens is 334 g/mol. The van der Waals surface area contributed by atoms with Crippen molar-refractivity contribution in [3.8, 4) is 5.75 Å². The van der Waals surface area contributed by atoms with Gasteiger partial charge in [-0.25, -0.2) is 9.78 Å². The van der Waals surface area contributed by atoms with Crippen LogP contribution in [-0.2, 0) is 10.5 Å². The zero-order valence-electron chi connectivity index (χ0n) is 12.9. The fourth-order valence-electron chi connectivity index (χ4n) is 2.01. The van der Waals surface area contributed by atoms with E-state index in [1.165, 1.54) is 38.3 Å². The molecule has 0 unspecified atom stereocenters. The molecule has 7 nitrogen and oxygen atoms in total. The topological polar surface area (TPSA) is 91.8 Å². The molecule has 124 valence electrons. The summed E-state index contributed by atoms with van der Waals surface area (Å²) in [5.74, 6) is 0.564. The van der Waals surface area contributed by atoms with Crippen LogP contribution in [0, 0.1) is 0 Å². The predicted molar refractivity (Wildman–Crippen MR) is 86.4 cm³/mol. The van der Waals surface area contributed by atoms with Crippen LogP contribution in [-0.4, -0.2) is 25.2 Å². The SMILES string of the molecule is COC(=O)c1ccc2oc(SCc3cc(=O)c(OC)co3)nc2c1. The van der Waals surface area contributed by atoms with Gasteiger partial charge in [0, 0.05) is 6.07 Å². The third-order valence-electron chi connectivity index (χ3n) is 3.20. The number of methoxy groups -OCH3 is 2. The summed E-state index contributed by atoms with van der Waals surface area (Å²) >= 11 is 1.27. The molecule has 0 aliphatic carbocycles. The van der Waals surface area contributed by atoms with Gasteiger partial charge < -0.3 is 18.3 Å². The zero-order valence-corrected chi connectivity index (χ0v) is 13.7. The first-order valence-corrected chi connectivity index (χ1v) is 7.86. The quantitative estimate of drug-likeness (QED) is 0.514. The number of fused-ring (bicyclic) bond motifs is 1. The lowest BCUT2D eigenvalue weighted by atomic mass is 10.2. The smallest absolute Gasteiger partial charge is 0.337 e. The molecule has 0 N–H and O–H groups in total. The van der Waals surface area contributed by atoms with E-state index in [9.17, 15) is 9.59 Å². The second-order valence-corrected chi connectivity index (χ2v) is 5.65. The number of rotatable bonds is 5. The molecule has 0 saturated heterocycles. The highest BCUT2D eigenvalue weighted by Crippen LogP contribution is 2.27. The van der Waals surface area contributed by atoms with Gasteiger partial charge >= 0.3 is 5.97 Å². The molecule has 3 rings (SSSR count). The van der Waals surface area contributed by atoms with Crippen molar-refractivity contribution in [1.29, 1.82) is 0 Å². The van der Waals surface area contributed by atoms with Crippen LogP contribution in [0.15, 0.2) is 49.4 Å². The summed E-state index contributed by atoms with van der Waals surface area (Å²) in [6, 6.07) is 6.23. The Labute approximate surface area is 140 Å². The highest BCUT2D eigenvalue weighted by molar-refractivity contribution is 7.98. The van der Waals surface area contributed by atoms with E-state index in [4.69, 9.17) is 13.6 Å². The van der Waals surface area contributed by atoms with Gasteiger partial charge in [-0.2, -0.15) is 0 Å². The third kappa shape index (κ3) is 3.28. The molecular formula is C16H13NO6S. The van der Waals surface area contributed by atoms with E-state index >= 15 is 0 Å². The van der Waals surface area contributed by atoms with E-state index in [1.54, 1.807) is 18.2 Å². The Kier molecular flexibility index (Phi) is 4.57. The van der Waals surface area contributed by atoms with Gasteiger partial charge in [-0.05, 0) is 18.2 Å². The number of carbonyl (C=O) groups is 1. The van der Waals surface area contributed by atoms with Crippen molar-refractivity contribution in [3.63, 3.8) is 0 Å². The number of nitrogens with zero attached hydrogens (tertiary/aromatic N) is 1. The number of carbonyl (C=O) groups excluding carboxylic acids is 1. The lowest BCUT2D eigenvalue weighted by Gasteiger charge is -2.00. The van der Waals surface area contributed by atoms with Crippen molar-refractivity contribution >= 4 is 28.8 Å². The number of benzene rings is 1. The average molecular weight is 347 g/mol. The van der Waals surface area contributed by atoms with Crippen molar-refractivity contribution in [2.75, 3.05) is 14.2 Å². The molecule has 0 saturated carbocycles. The Morgan fingerprint density at radius 2 is 2.12 bits per heavy atom. The highest BCUT2D eigenvalue weighted by Gasteiger charge is 2.12. The molecule has 8 heteroatoms. The van der Waals surface area contributed by atoms with Crippen LogP contribution < -0.4 is 10.2 Å². The molecule has 0 atom stereocenters. The van der Waals surface area contributed by atoms with Crippen LogP contribution in [0.3, 0.4) is 0 Å². The van der Waals surface area contributed by atoms with Crippen LogP contribution in [0.4, 0.5) is 0 Å². The minimum absolute atomic E-state index is 0.154. The van der Waals surface area contributed by atoms with Crippen molar-refractivity contribution < 1.29 is 23.1 Å². The molecule has 0 radical (unpaired) electrons. The molecule has 0 spiro atoms. The number of hydrogen-bond acceptors (Lipinski definition) is 8. The molecule has 0 aliphatic rings. The van der Waals surface area contributed by atoms with Gasteiger partial charge in [0.2, 0.25) is 11.2 Å². The molecule has 1 aromatic carbocycles. The Bertz CT molecular complexity index is 945. The lowest BCUT2D eigenvalue weighted by molar-refractivity contribution is 0.0601. The molecule has 2 heterocycles. The van der Waals surface area contributed by atoms with Gasteiger partial charge in [-0.15, -0.1) is 0 Å². The van der Waals surface area contributed by atoms with Crippen molar-refractivity contribution in [1.82, 2.24) is 4.98 Å². The monoisotopic (exact) mass is 347 g/mol. The number of oxazole rings is 1. The summed E-state index contributed by atoms with van der Waals surface area (Å²) < 4.78 is 20.4. The Morgan fingerprint density at radius 3 is 2.83 bits per heavy atom. The minimum atomic E-state index is -0.436. The summed E-state index contributed by atoms with van der Waals surface area (Å²) in [6.45, 7) is 0. The number of esters is 1. The molecule has 0 bridgehead atoms. The molecule has 3 aromatic rings. The van der Waals surface area contributed by atoms with Crippen molar-refractivity contribution in [3.05, 3.63) is 52.1 Å². The molecule has 0 amide bonds. The maximum Gasteiger partial charge on any atom is 0.337 e. The first-order valence-electron chi connectivity index (χ1n) is 6.88. The highest BCUT2D eigenvalue weighted by atomic mass is 32.2. The van der Waals surface area contributed by atoms with Crippen LogP contribution in [0.2, 0.25) is 0 Å². The van der Waals surface area contributed by atoms with Crippen LogP contribution in [0.25, 0.3) is 11.1 Å². The van der Waals surface area contributed by atoms with Crippen molar-refractivity contribution in [2.45, 2.75) is 11.0 Å². The van der Waals surface area contributed by atoms with Crippen LogP contribution in [0.5, 0.6) is 5.75 Å². The Morgan fingerprint density at radius 1 is 1.29 bits per heavy atom. The van der Waals surface area contributed by atoms with E-state index in [-0.39, 0.29) is 11.2 Å². The summed E-state index contributed by atoms with van der Waals surface area (Å²) in [7, 11) is 2.72. The fourth-order valence-corrected chi connectivity index (χ4v) is 2.74. The van der Waals surface area contributed by atoms with E-state index in [1.807, 2.05) is 0 Å². The molecule has 0 aliphatic heterocycles. The van der Waals surface area contributed by atoms with Crippen LogP contribution >= 0.6 is 11.8 Å². The maximum atomic E-state index is 11.7. The number of aromatic nitrogens is 1. The summed E-state index contributed by atoms with van der Waals surface area (Å²) in [5.41, 5.74) is 1.26. The molecule has 2 aromatic heterocycles. The number of hydrogen-bond donors (Lipinski definition) is 0. The first-order chi connectivity index (χ1) is 11.6. The number of ether oxygens (including phenoxy) is 2. The first kappa shape index (κ1) is 16.1. The molecule has 24 heavy (non-hydrogen) atoms. The van der Waals surface area contributed by atoms with Crippen LogP contribution in [0.1, 0.15) is 16.1 Å². The Hall–Kier alpha value is -2.74. The summed E-state index contributed by atoms with van der Waals surface area (Å²) in [6.07, 6.45) is 1.27. The standard InChI is InChI=1S/C16H13NO6S/c1-20-14-7-22-10(6-12(14)18)8-24-16-17-11-5-9(15(19)21-2)3-4-13(11)23-16/h3-7H,8H2,1-2H3. The fraction of sp³-hybridized carbons (Fsp3) is 0.188. The average Bonchev–Trinajstić information content (AvgIpc) is 3.01. The van der Waals surface area contributed by atoms with Gasteiger partial charge in [-0.1, -0.05) is 11.8 Å². The predicted octanol–water partition coefficient (Wildman–Crippen LogP) is 2.87.